The molecular weight excluding hydrogens is 463 g/mol. The molecule has 0 fully saturated rings. The molecule has 4 rings (SSSR count). The van der Waals surface area contributed by atoms with Crippen molar-refractivity contribution in [3.63, 3.8) is 0 Å². The molecule has 2 amide bonds. The molecule has 0 saturated carbocycles. The fourth-order valence-electron chi connectivity index (χ4n) is 4.26. The van der Waals surface area contributed by atoms with Gasteiger partial charge in [-0.05, 0) is 72.2 Å². The van der Waals surface area contributed by atoms with Gasteiger partial charge >= 0.3 is 0 Å². The summed E-state index contributed by atoms with van der Waals surface area (Å²) in [7, 11) is 0. The zero-order valence-corrected chi connectivity index (χ0v) is 21.0. The number of benzene rings is 2. The first-order valence-corrected chi connectivity index (χ1v) is 12.9. The predicted molar refractivity (Wildman–Crippen MR) is 136 cm³/mol. The number of fused-ring (bicyclic) bond motifs is 1. The molecule has 2 heterocycles. The van der Waals surface area contributed by atoms with Gasteiger partial charge in [-0.15, -0.1) is 11.3 Å². The second-order valence-corrected chi connectivity index (χ2v) is 10.2. The van der Waals surface area contributed by atoms with Crippen LogP contribution in [0.5, 0.6) is 5.75 Å². The number of nitrogens with zero attached hydrogens (tertiary/aromatic N) is 2. The number of amides is 2. The Morgan fingerprint density at radius 3 is 2.57 bits per heavy atom. The molecule has 184 valence electrons. The maximum Gasteiger partial charge on any atom is 0.254 e. The number of halogens is 1. The van der Waals surface area contributed by atoms with Crippen molar-refractivity contribution >= 4 is 23.2 Å². The average Bonchev–Trinajstić information content (AvgIpc) is 3.34. The molecule has 1 atom stereocenters. The zero-order chi connectivity index (χ0) is 24.8. The van der Waals surface area contributed by atoms with Crippen LogP contribution in [-0.4, -0.2) is 47.9 Å². The van der Waals surface area contributed by atoms with E-state index in [2.05, 4.69) is 25.3 Å². The van der Waals surface area contributed by atoms with Crippen LogP contribution in [0, 0.1) is 11.7 Å². The molecule has 0 N–H and O–H groups in total. The van der Waals surface area contributed by atoms with E-state index in [1.807, 2.05) is 35.2 Å². The summed E-state index contributed by atoms with van der Waals surface area (Å²) >= 11 is 1.70. The normalized spacial score (nSPS) is 15.1. The number of hydrogen-bond donors (Lipinski definition) is 0. The van der Waals surface area contributed by atoms with Crippen molar-refractivity contribution < 1.29 is 18.7 Å². The van der Waals surface area contributed by atoms with Crippen LogP contribution in [-0.2, 0) is 11.2 Å². The molecule has 2 aromatic carbocycles. The topological polar surface area (TPSA) is 49.9 Å². The summed E-state index contributed by atoms with van der Waals surface area (Å²) in [5.41, 5.74) is 1.50. The van der Waals surface area contributed by atoms with E-state index in [1.54, 1.807) is 16.2 Å². The lowest BCUT2D eigenvalue weighted by Gasteiger charge is -2.37. The van der Waals surface area contributed by atoms with E-state index < -0.39 is 5.82 Å². The highest BCUT2D eigenvalue weighted by atomic mass is 32.1. The van der Waals surface area contributed by atoms with Gasteiger partial charge in [-0.25, -0.2) is 4.39 Å². The van der Waals surface area contributed by atoms with Gasteiger partial charge in [0.2, 0.25) is 5.91 Å². The zero-order valence-electron chi connectivity index (χ0n) is 20.2. The van der Waals surface area contributed by atoms with Gasteiger partial charge in [-0.2, -0.15) is 0 Å². The average molecular weight is 495 g/mol. The Kier molecular flexibility index (Phi) is 8.18. The first kappa shape index (κ1) is 24.9. The highest BCUT2D eigenvalue weighted by Crippen LogP contribution is 2.34. The standard InChI is InChI=1S/C28H31FN2O3S/c1-20(2)12-15-30(28(33)21-8-10-22(29)11-9-21)18-27(32)31-16-13-26-24(14-17-35-26)25(31)19-34-23-6-4-3-5-7-23/h3-11,14,17,20,25H,12-13,15-16,18-19H2,1-2H3/t25-/m0/s1. The maximum atomic E-state index is 13.6. The summed E-state index contributed by atoms with van der Waals surface area (Å²) in [6.45, 7) is 5.53. The lowest BCUT2D eigenvalue weighted by atomic mass is 10.00. The Hall–Kier alpha value is -3.19. The molecule has 0 unspecified atom stereocenters. The number of hydrogen-bond acceptors (Lipinski definition) is 4. The second-order valence-electron chi connectivity index (χ2n) is 9.19. The molecule has 0 radical (unpaired) electrons. The molecule has 0 bridgehead atoms. The molecule has 1 aliphatic rings. The summed E-state index contributed by atoms with van der Waals surface area (Å²) in [6.07, 6.45) is 1.56. The van der Waals surface area contributed by atoms with Crippen molar-refractivity contribution in [2.75, 3.05) is 26.2 Å². The minimum absolute atomic E-state index is 0.0236. The van der Waals surface area contributed by atoms with Gasteiger partial charge in [-0.1, -0.05) is 32.0 Å². The van der Waals surface area contributed by atoms with Crippen molar-refractivity contribution in [3.8, 4) is 5.75 Å². The van der Waals surface area contributed by atoms with Crippen molar-refractivity contribution in [3.05, 3.63) is 87.9 Å². The minimum Gasteiger partial charge on any atom is -0.491 e. The second kappa shape index (κ2) is 11.5. The molecule has 5 nitrogen and oxygen atoms in total. The number of para-hydroxylation sites is 1. The van der Waals surface area contributed by atoms with Gasteiger partial charge in [0.25, 0.3) is 5.91 Å². The van der Waals surface area contributed by atoms with Gasteiger partial charge in [0.1, 0.15) is 24.7 Å². The lowest BCUT2D eigenvalue weighted by Crippen LogP contribution is -2.48. The summed E-state index contributed by atoms with van der Waals surface area (Å²) in [5.74, 6) is 0.371. The Labute approximate surface area is 210 Å². The number of carbonyl (C=O) groups excluding carboxylic acids is 2. The van der Waals surface area contributed by atoms with Crippen LogP contribution >= 0.6 is 11.3 Å². The third-order valence-corrected chi connectivity index (χ3v) is 7.24. The molecular formula is C28H31FN2O3S. The summed E-state index contributed by atoms with van der Waals surface area (Å²) in [6, 6.07) is 16.9. The van der Waals surface area contributed by atoms with Crippen LogP contribution in [0.2, 0.25) is 0 Å². The Bertz CT molecular complexity index is 1130. The summed E-state index contributed by atoms with van der Waals surface area (Å²) in [5, 5.41) is 2.06. The minimum atomic E-state index is -0.396. The van der Waals surface area contributed by atoms with Crippen LogP contribution in [0.3, 0.4) is 0 Å². The van der Waals surface area contributed by atoms with Crippen LogP contribution in [0.1, 0.15) is 47.1 Å². The number of carbonyl (C=O) groups is 2. The predicted octanol–water partition coefficient (Wildman–Crippen LogP) is 5.58. The van der Waals surface area contributed by atoms with E-state index in [0.717, 1.165) is 24.2 Å². The summed E-state index contributed by atoms with van der Waals surface area (Å²) in [4.78, 5) is 31.6. The van der Waals surface area contributed by atoms with E-state index in [9.17, 15) is 14.0 Å². The highest BCUT2D eigenvalue weighted by molar-refractivity contribution is 7.10. The van der Waals surface area contributed by atoms with E-state index in [1.165, 1.54) is 29.1 Å². The van der Waals surface area contributed by atoms with E-state index >= 15 is 0 Å². The van der Waals surface area contributed by atoms with E-state index in [0.29, 0.717) is 31.2 Å². The van der Waals surface area contributed by atoms with E-state index in [-0.39, 0.29) is 24.4 Å². The molecule has 35 heavy (non-hydrogen) atoms. The SMILES string of the molecule is CC(C)CCN(CC(=O)N1CCc2sccc2[C@@H]1COc1ccccc1)C(=O)c1ccc(F)cc1. The Balaban J connectivity index is 1.52. The first-order valence-electron chi connectivity index (χ1n) is 12.0. The van der Waals surface area contributed by atoms with Crippen LogP contribution < -0.4 is 4.74 Å². The number of thiophene rings is 1. The van der Waals surface area contributed by atoms with Crippen molar-refractivity contribution in [2.45, 2.75) is 32.7 Å². The molecule has 0 aliphatic carbocycles. The summed E-state index contributed by atoms with van der Waals surface area (Å²) < 4.78 is 19.5. The van der Waals surface area contributed by atoms with E-state index in [4.69, 9.17) is 4.74 Å². The monoisotopic (exact) mass is 494 g/mol. The quantitative estimate of drug-likeness (QED) is 0.390. The fourth-order valence-corrected chi connectivity index (χ4v) is 5.19. The van der Waals surface area contributed by atoms with Crippen molar-refractivity contribution in [1.82, 2.24) is 9.80 Å². The van der Waals surface area contributed by atoms with Gasteiger partial charge in [0.05, 0.1) is 6.04 Å². The molecule has 1 aliphatic heterocycles. The van der Waals surface area contributed by atoms with Crippen molar-refractivity contribution in [2.24, 2.45) is 5.92 Å². The third-order valence-electron chi connectivity index (χ3n) is 6.25. The maximum absolute atomic E-state index is 13.6. The molecule has 3 aromatic rings. The largest absolute Gasteiger partial charge is 0.491 e. The lowest BCUT2D eigenvalue weighted by molar-refractivity contribution is -0.135. The van der Waals surface area contributed by atoms with Crippen LogP contribution in [0.15, 0.2) is 66.0 Å². The third kappa shape index (κ3) is 6.28. The molecule has 0 saturated heterocycles. The Morgan fingerprint density at radius 2 is 1.86 bits per heavy atom. The smallest absolute Gasteiger partial charge is 0.254 e. The highest BCUT2D eigenvalue weighted by Gasteiger charge is 2.33. The van der Waals surface area contributed by atoms with Crippen LogP contribution in [0.4, 0.5) is 4.39 Å². The van der Waals surface area contributed by atoms with Gasteiger partial charge in [0.15, 0.2) is 0 Å². The first-order chi connectivity index (χ1) is 16.9. The molecule has 7 heteroatoms. The van der Waals surface area contributed by atoms with Gasteiger partial charge in [-0.3, -0.25) is 9.59 Å². The van der Waals surface area contributed by atoms with Crippen molar-refractivity contribution in [1.29, 1.82) is 0 Å². The fraction of sp³-hybridized carbons (Fsp3) is 0.357. The molecule has 0 spiro atoms. The Morgan fingerprint density at radius 1 is 1.11 bits per heavy atom. The number of rotatable bonds is 9. The van der Waals surface area contributed by atoms with Gasteiger partial charge < -0.3 is 14.5 Å². The van der Waals surface area contributed by atoms with Gasteiger partial charge in [0, 0.05) is 23.5 Å². The van der Waals surface area contributed by atoms with Crippen LogP contribution in [0.25, 0.3) is 0 Å². The number of ether oxygens (including phenoxy) is 1. The molecule has 1 aromatic heterocycles.